The lowest BCUT2D eigenvalue weighted by Gasteiger charge is -2.25. The number of thiol groups is 1. The van der Waals surface area contributed by atoms with Crippen LogP contribution in [0.15, 0.2) is 41.8 Å². The van der Waals surface area contributed by atoms with E-state index in [4.69, 9.17) is 17.2 Å². The molecule has 0 aliphatic rings. The van der Waals surface area contributed by atoms with Gasteiger partial charge in [-0.2, -0.15) is 12.6 Å². The summed E-state index contributed by atoms with van der Waals surface area (Å²) in [5.41, 5.74) is 17.4. The van der Waals surface area contributed by atoms with Crippen molar-refractivity contribution in [2.24, 2.45) is 22.2 Å². The summed E-state index contributed by atoms with van der Waals surface area (Å²) in [6, 6.07) is 1.29. The number of hydrogen-bond acceptors (Lipinski definition) is 9. The number of carboxylic acid groups (broad SMARTS) is 1. The number of guanidine groups is 1. The first-order valence-corrected chi connectivity index (χ1v) is 12.9. The number of amides is 3. The van der Waals surface area contributed by atoms with Gasteiger partial charge in [0.05, 0.1) is 12.4 Å². The lowest BCUT2D eigenvalue weighted by Crippen LogP contribution is -2.58. The number of aliphatic carboxylic acids is 1. The average molecular weight is 578 g/mol. The van der Waals surface area contributed by atoms with Crippen molar-refractivity contribution in [2.45, 2.75) is 49.9 Å². The van der Waals surface area contributed by atoms with Crippen molar-refractivity contribution < 1.29 is 29.4 Å². The molecule has 0 radical (unpaired) electrons. The molecule has 0 saturated carbocycles. The summed E-state index contributed by atoms with van der Waals surface area (Å²) in [4.78, 5) is 61.5. The number of nitrogens with zero attached hydrogens (tertiary/aromatic N) is 2. The summed E-state index contributed by atoms with van der Waals surface area (Å²) in [7, 11) is 0. The number of nitrogens with one attached hydrogen (secondary N) is 4. The highest BCUT2D eigenvalue weighted by Gasteiger charge is 2.30. The molecular weight excluding hydrogens is 542 g/mol. The van der Waals surface area contributed by atoms with Crippen LogP contribution in [-0.4, -0.2) is 86.3 Å². The molecule has 0 saturated heterocycles. The third-order valence-corrected chi connectivity index (χ3v) is 6.11. The monoisotopic (exact) mass is 577 g/mol. The summed E-state index contributed by atoms with van der Waals surface area (Å²) in [6.45, 7) is 0.166. The minimum absolute atomic E-state index is 0.00312. The molecule has 0 bridgehead atoms. The van der Waals surface area contributed by atoms with Crippen LogP contribution in [0.4, 0.5) is 0 Å². The van der Waals surface area contributed by atoms with Crippen molar-refractivity contribution >= 4 is 42.3 Å². The number of phenols is 1. The first-order valence-electron chi connectivity index (χ1n) is 12.3. The van der Waals surface area contributed by atoms with E-state index < -0.39 is 47.9 Å². The number of aliphatic imine (C=N–C) groups is 1. The van der Waals surface area contributed by atoms with Gasteiger partial charge in [0.25, 0.3) is 0 Å². The molecule has 40 heavy (non-hydrogen) atoms. The van der Waals surface area contributed by atoms with Crippen LogP contribution in [-0.2, 0) is 32.0 Å². The topological polar surface area (TPSA) is 264 Å². The SMILES string of the molecule is NC(N)=NCCCC(NC(=O)C(Cc1ccc(O)cc1)NC(=O)C(Cc1cnc[nH]1)NC(=O)C(N)CS)C(=O)O. The van der Waals surface area contributed by atoms with Crippen LogP contribution in [0.2, 0.25) is 0 Å². The van der Waals surface area contributed by atoms with E-state index >= 15 is 0 Å². The number of hydrogen-bond donors (Lipinski definition) is 10. The molecule has 4 unspecified atom stereocenters. The summed E-state index contributed by atoms with van der Waals surface area (Å²) in [5, 5.41) is 26.9. The molecule has 12 N–H and O–H groups in total. The highest BCUT2D eigenvalue weighted by Crippen LogP contribution is 2.12. The van der Waals surface area contributed by atoms with Crippen molar-refractivity contribution in [1.82, 2.24) is 25.9 Å². The van der Waals surface area contributed by atoms with Gasteiger partial charge in [-0.1, -0.05) is 12.1 Å². The molecule has 16 heteroatoms. The van der Waals surface area contributed by atoms with Crippen molar-refractivity contribution in [3.8, 4) is 5.75 Å². The van der Waals surface area contributed by atoms with Crippen LogP contribution >= 0.6 is 12.6 Å². The van der Waals surface area contributed by atoms with Gasteiger partial charge in [-0.05, 0) is 30.5 Å². The van der Waals surface area contributed by atoms with Gasteiger partial charge in [-0.25, -0.2) is 9.78 Å². The van der Waals surface area contributed by atoms with Crippen molar-refractivity contribution in [2.75, 3.05) is 12.3 Å². The number of carbonyl (C=O) groups is 4. The molecule has 2 rings (SSSR count). The number of nitrogens with two attached hydrogens (primary N) is 3. The summed E-state index contributed by atoms with van der Waals surface area (Å²) >= 11 is 4.01. The van der Waals surface area contributed by atoms with Crippen LogP contribution in [0.3, 0.4) is 0 Å². The summed E-state index contributed by atoms with van der Waals surface area (Å²) in [5.74, 6) is -3.49. The minimum atomic E-state index is -1.28. The predicted molar refractivity (Wildman–Crippen MR) is 149 cm³/mol. The molecule has 0 aliphatic carbocycles. The maximum atomic E-state index is 13.4. The summed E-state index contributed by atoms with van der Waals surface area (Å²) < 4.78 is 0. The number of aromatic amines is 1. The Morgan fingerprint density at radius 2 is 1.57 bits per heavy atom. The van der Waals surface area contributed by atoms with Gasteiger partial charge in [0.15, 0.2) is 5.96 Å². The predicted octanol–water partition coefficient (Wildman–Crippen LogP) is -2.25. The minimum Gasteiger partial charge on any atom is -0.508 e. The smallest absolute Gasteiger partial charge is 0.326 e. The fourth-order valence-electron chi connectivity index (χ4n) is 3.57. The number of H-pyrrole nitrogens is 1. The van der Waals surface area contributed by atoms with Gasteiger partial charge >= 0.3 is 5.97 Å². The Morgan fingerprint density at radius 1 is 0.975 bits per heavy atom. The molecular formula is C24H35N9O6S. The zero-order valence-electron chi connectivity index (χ0n) is 21.6. The highest BCUT2D eigenvalue weighted by molar-refractivity contribution is 7.80. The van der Waals surface area contributed by atoms with E-state index in [1.807, 2.05) is 0 Å². The Balaban J connectivity index is 2.25. The largest absolute Gasteiger partial charge is 0.508 e. The lowest BCUT2D eigenvalue weighted by atomic mass is 10.0. The van der Waals surface area contributed by atoms with Gasteiger partial charge in [-0.3, -0.25) is 19.4 Å². The van der Waals surface area contributed by atoms with E-state index in [1.54, 1.807) is 12.1 Å². The fraction of sp³-hybridized carbons (Fsp3) is 0.417. The maximum Gasteiger partial charge on any atom is 0.326 e. The molecule has 1 aromatic heterocycles. The quantitative estimate of drug-likeness (QED) is 0.0443. The summed E-state index contributed by atoms with van der Waals surface area (Å²) in [6.07, 6.45) is 3.15. The van der Waals surface area contributed by atoms with Crippen LogP contribution in [0.1, 0.15) is 24.1 Å². The maximum absolute atomic E-state index is 13.4. The van der Waals surface area contributed by atoms with E-state index in [0.717, 1.165) is 0 Å². The molecule has 3 amide bonds. The number of phenolic OH excluding ortho intramolecular Hbond substituents is 1. The molecule has 0 aliphatic heterocycles. The second-order valence-corrected chi connectivity index (χ2v) is 9.28. The second kappa shape index (κ2) is 15.9. The molecule has 1 aromatic carbocycles. The number of rotatable bonds is 16. The van der Waals surface area contributed by atoms with Crippen LogP contribution in [0.5, 0.6) is 5.75 Å². The Bertz CT molecular complexity index is 1160. The molecule has 0 fully saturated rings. The zero-order chi connectivity index (χ0) is 29.7. The Labute approximate surface area is 235 Å². The van der Waals surface area contributed by atoms with Gasteiger partial charge in [0, 0.05) is 37.0 Å². The van der Waals surface area contributed by atoms with Crippen molar-refractivity contribution in [1.29, 1.82) is 0 Å². The number of imidazole rings is 1. The average Bonchev–Trinajstić information content (AvgIpc) is 3.43. The van der Waals surface area contributed by atoms with Crippen LogP contribution < -0.4 is 33.2 Å². The molecule has 0 spiro atoms. The van der Waals surface area contributed by atoms with Crippen molar-refractivity contribution in [3.05, 3.63) is 48.0 Å². The van der Waals surface area contributed by atoms with E-state index in [9.17, 15) is 29.4 Å². The van der Waals surface area contributed by atoms with Crippen LogP contribution in [0, 0.1) is 0 Å². The normalized spacial score (nSPS) is 13.8. The van der Waals surface area contributed by atoms with Gasteiger partial charge in [0.1, 0.15) is 23.9 Å². The first-order chi connectivity index (χ1) is 19.0. The first kappa shape index (κ1) is 31.9. The molecule has 1 heterocycles. The van der Waals surface area contributed by atoms with E-state index in [0.29, 0.717) is 11.3 Å². The second-order valence-electron chi connectivity index (χ2n) is 8.91. The Kier molecular flexibility index (Phi) is 12.7. The third kappa shape index (κ3) is 10.8. The van der Waals surface area contributed by atoms with E-state index in [2.05, 4.69) is 43.5 Å². The fourth-order valence-corrected chi connectivity index (χ4v) is 3.74. The van der Waals surface area contributed by atoms with E-state index in [1.165, 1.54) is 24.7 Å². The number of aromatic nitrogens is 2. The molecule has 2 aromatic rings. The standard InChI is InChI=1S/C24H35N9O6S/c25-16(11-40)20(35)32-19(9-14-10-28-12-30-14)22(37)33-18(8-13-3-5-15(34)6-4-13)21(36)31-17(23(38)39)2-1-7-29-24(26)27/h3-6,10,12,16-19,34,40H,1-2,7-9,11,25H2,(H,28,30)(H,31,36)(H,32,35)(H,33,37)(H,38,39)(H4,26,27,29). The molecule has 4 atom stereocenters. The number of carboxylic acids is 1. The number of carbonyl (C=O) groups excluding carboxylic acids is 3. The molecule has 15 nitrogen and oxygen atoms in total. The van der Waals surface area contributed by atoms with Crippen molar-refractivity contribution in [3.63, 3.8) is 0 Å². The molecule has 218 valence electrons. The highest BCUT2D eigenvalue weighted by atomic mass is 32.1. The Morgan fingerprint density at radius 3 is 2.12 bits per heavy atom. The van der Waals surface area contributed by atoms with Gasteiger partial charge < -0.3 is 48.3 Å². The third-order valence-electron chi connectivity index (χ3n) is 5.71. The van der Waals surface area contributed by atoms with Crippen LogP contribution in [0.25, 0.3) is 0 Å². The van der Waals surface area contributed by atoms with Gasteiger partial charge in [-0.15, -0.1) is 0 Å². The zero-order valence-corrected chi connectivity index (χ0v) is 22.5. The number of benzene rings is 1. The Hall–Kier alpha value is -4.31. The number of aromatic hydroxyl groups is 1. The lowest BCUT2D eigenvalue weighted by molar-refractivity contribution is -0.142. The van der Waals surface area contributed by atoms with Gasteiger partial charge in [0.2, 0.25) is 17.7 Å². The van der Waals surface area contributed by atoms with E-state index in [-0.39, 0.29) is 49.7 Å².